The fourth-order valence-corrected chi connectivity index (χ4v) is 1.22. The molecule has 0 unspecified atom stereocenters. The molecule has 1 aromatic carbocycles. The van der Waals surface area contributed by atoms with Crippen molar-refractivity contribution in [2.24, 2.45) is 11.5 Å². The largest absolute Gasteiger partial charge is 0.329 e. The van der Waals surface area contributed by atoms with Crippen molar-refractivity contribution in [1.82, 2.24) is 0 Å². The van der Waals surface area contributed by atoms with E-state index in [0.717, 1.165) is 0 Å². The predicted molar refractivity (Wildman–Crippen MR) is 61.3 cm³/mol. The van der Waals surface area contributed by atoms with E-state index < -0.39 is 11.0 Å². The van der Waals surface area contributed by atoms with Gasteiger partial charge in [0, 0.05) is 18.7 Å². The molecule has 5 nitrogen and oxygen atoms in total. The van der Waals surface area contributed by atoms with Crippen LogP contribution in [0.4, 0.5) is 5.69 Å². The lowest BCUT2D eigenvalue weighted by molar-refractivity contribution is -0.384. The van der Waals surface area contributed by atoms with Crippen LogP contribution < -0.4 is 11.5 Å². The lowest BCUT2D eigenvalue weighted by atomic mass is 10.1. The zero-order valence-corrected chi connectivity index (χ0v) is 9.29. The summed E-state index contributed by atoms with van der Waals surface area (Å²) in [5.74, 6) is 0. The van der Waals surface area contributed by atoms with Gasteiger partial charge in [0.2, 0.25) is 0 Å². The van der Waals surface area contributed by atoms with Crippen LogP contribution in [0.3, 0.4) is 0 Å². The van der Waals surface area contributed by atoms with Crippen molar-refractivity contribution in [3.63, 3.8) is 0 Å². The maximum atomic E-state index is 10.5. The third-order valence-electron chi connectivity index (χ3n) is 1.85. The molecule has 7 heteroatoms. The number of halogens is 2. The van der Waals surface area contributed by atoms with Gasteiger partial charge in [-0.1, -0.05) is 17.7 Å². The van der Waals surface area contributed by atoms with E-state index in [4.69, 9.17) is 23.1 Å². The lowest BCUT2D eigenvalue weighted by Crippen LogP contribution is -2.20. The number of nitrogens with zero attached hydrogens (tertiary/aromatic N) is 1. The highest BCUT2D eigenvalue weighted by molar-refractivity contribution is 6.32. The number of benzene rings is 1. The Morgan fingerprint density at radius 2 is 2.13 bits per heavy atom. The van der Waals surface area contributed by atoms with Crippen molar-refractivity contribution in [1.29, 1.82) is 0 Å². The molecule has 1 aromatic rings. The second-order valence-corrected chi connectivity index (χ2v) is 3.22. The third-order valence-corrected chi connectivity index (χ3v) is 2.17. The van der Waals surface area contributed by atoms with Crippen molar-refractivity contribution in [2.75, 3.05) is 6.54 Å². The van der Waals surface area contributed by atoms with Crippen molar-refractivity contribution in [2.45, 2.75) is 6.04 Å². The predicted octanol–water partition coefficient (Wildman–Crippen LogP) is 1.63. The molecule has 0 aliphatic carbocycles. The maximum Gasteiger partial charge on any atom is 0.288 e. The lowest BCUT2D eigenvalue weighted by Gasteiger charge is -2.08. The van der Waals surface area contributed by atoms with Gasteiger partial charge in [-0.3, -0.25) is 10.1 Å². The quantitative estimate of drug-likeness (QED) is 0.631. The molecule has 0 aliphatic rings. The first-order chi connectivity index (χ1) is 6.56. The Labute approximate surface area is 98.0 Å². The molecular formula is C8H11Cl2N3O2. The molecule has 1 atom stereocenters. The summed E-state index contributed by atoms with van der Waals surface area (Å²) in [5.41, 5.74) is 11.4. The second-order valence-electron chi connectivity index (χ2n) is 2.81. The van der Waals surface area contributed by atoms with E-state index in [1.165, 1.54) is 12.1 Å². The molecule has 0 radical (unpaired) electrons. The zero-order chi connectivity index (χ0) is 10.7. The third kappa shape index (κ3) is 3.32. The summed E-state index contributed by atoms with van der Waals surface area (Å²) >= 11 is 5.63. The summed E-state index contributed by atoms with van der Waals surface area (Å²) in [6.07, 6.45) is 0. The van der Waals surface area contributed by atoms with Crippen LogP contribution in [-0.4, -0.2) is 11.5 Å². The Hall–Kier alpha value is -0.880. The highest BCUT2D eigenvalue weighted by atomic mass is 35.5. The average molecular weight is 252 g/mol. The van der Waals surface area contributed by atoms with Gasteiger partial charge in [-0.2, -0.15) is 0 Å². The monoisotopic (exact) mass is 251 g/mol. The zero-order valence-electron chi connectivity index (χ0n) is 7.72. The number of hydrogen-bond donors (Lipinski definition) is 2. The van der Waals surface area contributed by atoms with E-state index in [1.807, 2.05) is 0 Å². The summed E-state index contributed by atoms with van der Waals surface area (Å²) in [4.78, 5) is 9.99. The summed E-state index contributed by atoms with van der Waals surface area (Å²) in [7, 11) is 0. The highest BCUT2D eigenvalue weighted by Crippen LogP contribution is 2.26. The first-order valence-electron chi connectivity index (χ1n) is 3.95. The fourth-order valence-electron chi connectivity index (χ4n) is 1.04. The van der Waals surface area contributed by atoms with Gasteiger partial charge in [0.1, 0.15) is 5.02 Å². The molecule has 15 heavy (non-hydrogen) atoms. The first kappa shape index (κ1) is 14.1. The van der Waals surface area contributed by atoms with Gasteiger partial charge in [0.25, 0.3) is 5.69 Å². The van der Waals surface area contributed by atoms with Crippen LogP contribution in [0.2, 0.25) is 5.02 Å². The molecule has 1 rings (SSSR count). The van der Waals surface area contributed by atoms with Gasteiger partial charge in [-0.15, -0.1) is 12.4 Å². The van der Waals surface area contributed by atoms with Gasteiger partial charge in [0.05, 0.1) is 4.92 Å². The molecule has 0 fully saturated rings. The minimum absolute atomic E-state index is 0. The van der Waals surface area contributed by atoms with Gasteiger partial charge < -0.3 is 11.5 Å². The van der Waals surface area contributed by atoms with Crippen LogP contribution in [0, 0.1) is 10.1 Å². The topological polar surface area (TPSA) is 95.2 Å². The summed E-state index contributed by atoms with van der Waals surface area (Å²) < 4.78 is 0. The Morgan fingerprint density at radius 1 is 1.53 bits per heavy atom. The van der Waals surface area contributed by atoms with Gasteiger partial charge in [-0.25, -0.2) is 0 Å². The molecule has 0 aromatic heterocycles. The fraction of sp³-hybridized carbons (Fsp3) is 0.250. The molecule has 0 heterocycles. The molecule has 0 amide bonds. The SMILES string of the molecule is Cl.NC[C@H](N)c1ccc(Cl)c([N+](=O)[O-])c1. The van der Waals surface area contributed by atoms with Gasteiger partial charge in [0.15, 0.2) is 0 Å². The van der Waals surface area contributed by atoms with E-state index in [1.54, 1.807) is 6.07 Å². The number of rotatable bonds is 3. The molecule has 0 bridgehead atoms. The van der Waals surface area contributed by atoms with E-state index in [2.05, 4.69) is 0 Å². The Morgan fingerprint density at radius 3 is 2.60 bits per heavy atom. The van der Waals surface area contributed by atoms with E-state index in [9.17, 15) is 10.1 Å². The maximum absolute atomic E-state index is 10.5. The van der Waals surface area contributed by atoms with Crippen molar-refractivity contribution in [3.05, 3.63) is 38.9 Å². The molecule has 0 saturated carbocycles. The van der Waals surface area contributed by atoms with Crippen LogP contribution in [-0.2, 0) is 0 Å². The molecular weight excluding hydrogens is 241 g/mol. The number of nitro benzene ring substituents is 1. The van der Waals surface area contributed by atoms with Crippen LogP contribution in [0.25, 0.3) is 0 Å². The average Bonchev–Trinajstić information content (AvgIpc) is 2.17. The Kier molecular flexibility index (Phi) is 5.53. The summed E-state index contributed by atoms with van der Waals surface area (Å²) in [6.45, 7) is 0.235. The van der Waals surface area contributed by atoms with Gasteiger partial charge in [-0.05, 0) is 11.6 Å². The highest BCUT2D eigenvalue weighted by Gasteiger charge is 2.14. The standard InChI is InChI=1S/C8H10ClN3O2.ClH/c9-6-2-1-5(7(11)4-10)3-8(6)12(13)14;/h1-3,7H,4,10-11H2;1H/t7-;/m0./s1. The van der Waals surface area contributed by atoms with Crippen molar-refractivity contribution in [3.8, 4) is 0 Å². The minimum atomic E-state index is -0.547. The number of hydrogen-bond acceptors (Lipinski definition) is 4. The minimum Gasteiger partial charge on any atom is -0.329 e. The van der Waals surface area contributed by atoms with E-state index >= 15 is 0 Å². The smallest absolute Gasteiger partial charge is 0.288 e. The molecule has 0 spiro atoms. The van der Waals surface area contributed by atoms with Crippen LogP contribution in [0.5, 0.6) is 0 Å². The molecule has 84 valence electrons. The molecule has 0 saturated heterocycles. The second kappa shape index (κ2) is 5.87. The normalized spacial score (nSPS) is 11.7. The van der Waals surface area contributed by atoms with Crippen molar-refractivity contribution >= 4 is 29.7 Å². The van der Waals surface area contributed by atoms with E-state index in [0.29, 0.717) is 5.56 Å². The Bertz CT molecular complexity index is 360. The molecule has 0 aliphatic heterocycles. The summed E-state index contributed by atoms with van der Waals surface area (Å²) in [5, 5.41) is 10.6. The number of nitro groups is 1. The van der Waals surface area contributed by atoms with Crippen LogP contribution in [0.15, 0.2) is 18.2 Å². The Balaban J connectivity index is 0.00000196. The summed E-state index contributed by atoms with van der Waals surface area (Å²) in [6, 6.07) is 4.03. The molecule has 4 N–H and O–H groups in total. The van der Waals surface area contributed by atoms with Crippen molar-refractivity contribution < 1.29 is 4.92 Å². The first-order valence-corrected chi connectivity index (χ1v) is 4.33. The van der Waals surface area contributed by atoms with Gasteiger partial charge >= 0.3 is 0 Å². The van der Waals surface area contributed by atoms with Crippen LogP contribution in [0.1, 0.15) is 11.6 Å². The van der Waals surface area contributed by atoms with Crippen LogP contribution >= 0.6 is 24.0 Å². The van der Waals surface area contributed by atoms with E-state index in [-0.39, 0.29) is 29.7 Å². The number of nitrogens with two attached hydrogens (primary N) is 2.